The van der Waals surface area contributed by atoms with Crippen molar-refractivity contribution in [3.63, 3.8) is 0 Å². The molecule has 1 aromatic heterocycles. The normalized spacial score (nSPS) is 19.6. The number of carbonyl (C=O) groups is 2. The van der Waals surface area contributed by atoms with Gasteiger partial charge in [-0.2, -0.15) is 5.10 Å². The Balaban J connectivity index is 1.31. The van der Waals surface area contributed by atoms with Gasteiger partial charge in [0.05, 0.1) is 24.9 Å². The van der Waals surface area contributed by atoms with E-state index in [0.717, 1.165) is 42.0 Å². The number of hydrogen-bond donors (Lipinski definition) is 0. The highest BCUT2D eigenvalue weighted by molar-refractivity contribution is 7.10. The van der Waals surface area contributed by atoms with E-state index in [1.807, 2.05) is 65.6 Å². The molecule has 0 bridgehead atoms. The van der Waals surface area contributed by atoms with Gasteiger partial charge in [-0.15, -0.1) is 11.3 Å². The van der Waals surface area contributed by atoms with Crippen LogP contribution in [0.4, 0.5) is 0 Å². The van der Waals surface area contributed by atoms with Crippen LogP contribution in [0.1, 0.15) is 60.2 Å². The van der Waals surface area contributed by atoms with Crippen LogP contribution >= 0.6 is 11.3 Å². The van der Waals surface area contributed by atoms with Gasteiger partial charge in [-0.1, -0.05) is 48.5 Å². The number of nitrogens with zero attached hydrogens (tertiary/aromatic N) is 3. The standard InChI is InChI=1S/C28H29N3O3S/c1-34-22-13-11-21(12-14-22)25-19-23(20-7-3-2-4-8-20)29-31(25)28(33)16-15-27(32)30-17-5-9-24(30)26-10-6-18-35-26/h2-4,6-8,10-14,18,24-25H,5,9,15-17,19H2,1H3/t24-,25-/m1/s1. The third kappa shape index (κ3) is 5.00. The van der Waals surface area contributed by atoms with Crippen LogP contribution in [-0.4, -0.2) is 41.1 Å². The summed E-state index contributed by atoms with van der Waals surface area (Å²) in [6, 6.07) is 21.8. The summed E-state index contributed by atoms with van der Waals surface area (Å²) in [5.74, 6) is 0.684. The minimum atomic E-state index is -0.204. The summed E-state index contributed by atoms with van der Waals surface area (Å²) in [4.78, 5) is 29.6. The molecular weight excluding hydrogens is 458 g/mol. The van der Waals surface area contributed by atoms with E-state index in [0.29, 0.717) is 6.42 Å². The highest BCUT2D eigenvalue weighted by Gasteiger charge is 2.35. The molecule has 0 saturated carbocycles. The Hall–Kier alpha value is -3.45. The smallest absolute Gasteiger partial charge is 0.243 e. The molecule has 1 fully saturated rings. The molecule has 2 amide bonds. The first-order chi connectivity index (χ1) is 17.1. The Kier molecular flexibility index (Phi) is 6.95. The second-order valence-corrected chi connectivity index (χ2v) is 9.88. The van der Waals surface area contributed by atoms with Crippen molar-refractivity contribution in [1.29, 1.82) is 0 Å². The van der Waals surface area contributed by atoms with Crippen molar-refractivity contribution < 1.29 is 14.3 Å². The molecule has 3 heterocycles. The Bertz CT molecular complexity index is 1190. The molecule has 2 aliphatic heterocycles. The van der Waals surface area contributed by atoms with Crippen LogP contribution in [0.2, 0.25) is 0 Å². The lowest BCUT2D eigenvalue weighted by atomic mass is 9.98. The van der Waals surface area contributed by atoms with Gasteiger partial charge in [0.2, 0.25) is 11.8 Å². The van der Waals surface area contributed by atoms with Crippen molar-refractivity contribution in [2.24, 2.45) is 5.10 Å². The lowest BCUT2D eigenvalue weighted by molar-refractivity contribution is -0.138. The summed E-state index contributed by atoms with van der Waals surface area (Å²) in [5.41, 5.74) is 2.88. The van der Waals surface area contributed by atoms with Crippen molar-refractivity contribution in [1.82, 2.24) is 9.91 Å². The summed E-state index contributed by atoms with van der Waals surface area (Å²) >= 11 is 1.69. The minimum Gasteiger partial charge on any atom is -0.497 e. The molecule has 3 aromatic rings. The first kappa shape index (κ1) is 23.3. The zero-order valence-corrected chi connectivity index (χ0v) is 20.6. The number of benzene rings is 2. The first-order valence-electron chi connectivity index (χ1n) is 12.1. The van der Waals surface area contributed by atoms with E-state index in [4.69, 9.17) is 9.84 Å². The Morgan fingerprint density at radius 3 is 2.46 bits per heavy atom. The lowest BCUT2D eigenvalue weighted by Crippen LogP contribution is -2.32. The van der Waals surface area contributed by atoms with Crippen molar-refractivity contribution in [3.05, 3.63) is 88.1 Å². The van der Waals surface area contributed by atoms with E-state index in [-0.39, 0.29) is 36.7 Å². The number of rotatable bonds is 7. The topological polar surface area (TPSA) is 62.2 Å². The number of likely N-dealkylation sites (tertiary alicyclic amines) is 1. The summed E-state index contributed by atoms with van der Waals surface area (Å²) < 4.78 is 5.30. The van der Waals surface area contributed by atoms with Crippen LogP contribution in [0.3, 0.4) is 0 Å². The minimum absolute atomic E-state index is 0.0432. The molecule has 2 aromatic carbocycles. The summed E-state index contributed by atoms with van der Waals surface area (Å²) in [6.45, 7) is 0.754. The average Bonchev–Trinajstić information content (AvgIpc) is 3.68. The van der Waals surface area contributed by atoms with Gasteiger partial charge >= 0.3 is 0 Å². The van der Waals surface area contributed by atoms with Gasteiger partial charge in [-0.05, 0) is 47.5 Å². The number of hydrogen-bond acceptors (Lipinski definition) is 5. The molecule has 5 rings (SSSR count). The molecule has 7 heteroatoms. The maximum Gasteiger partial charge on any atom is 0.243 e. The largest absolute Gasteiger partial charge is 0.497 e. The molecule has 0 unspecified atom stereocenters. The van der Waals surface area contributed by atoms with Crippen LogP contribution in [-0.2, 0) is 9.59 Å². The van der Waals surface area contributed by atoms with Crippen LogP contribution in [0.5, 0.6) is 5.75 Å². The first-order valence-corrected chi connectivity index (χ1v) is 12.9. The number of thiophene rings is 1. The van der Waals surface area contributed by atoms with Crippen LogP contribution in [0, 0.1) is 0 Å². The van der Waals surface area contributed by atoms with Crippen LogP contribution in [0.25, 0.3) is 0 Å². The molecule has 0 aliphatic carbocycles. The highest BCUT2D eigenvalue weighted by Crippen LogP contribution is 2.36. The number of ether oxygens (including phenoxy) is 1. The zero-order chi connectivity index (χ0) is 24.2. The van der Waals surface area contributed by atoms with Crippen molar-refractivity contribution >= 4 is 28.9 Å². The average molecular weight is 488 g/mol. The van der Waals surface area contributed by atoms with E-state index >= 15 is 0 Å². The summed E-state index contributed by atoms with van der Waals surface area (Å²) in [6.07, 6.45) is 2.95. The molecule has 35 heavy (non-hydrogen) atoms. The van der Waals surface area contributed by atoms with Gasteiger partial charge in [0.15, 0.2) is 0 Å². The quantitative estimate of drug-likeness (QED) is 0.437. The molecular formula is C28H29N3O3S. The van der Waals surface area contributed by atoms with Gasteiger partial charge < -0.3 is 9.64 Å². The second kappa shape index (κ2) is 10.4. The molecule has 0 N–H and O–H groups in total. The second-order valence-electron chi connectivity index (χ2n) is 8.90. The van der Waals surface area contributed by atoms with Gasteiger partial charge in [-0.25, -0.2) is 5.01 Å². The van der Waals surface area contributed by atoms with E-state index in [1.54, 1.807) is 23.5 Å². The summed E-state index contributed by atoms with van der Waals surface area (Å²) in [7, 11) is 1.64. The van der Waals surface area contributed by atoms with Gasteiger partial charge in [-0.3, -0.25) is 9.59 Å². The number of hydrazone groups is 1. The fourth-order valence-electron chi connectivity index (χ4n) is 4.94. The monoisotopic (exact) mass is 487 g/mol. The van der Waals surface area contributed by atoms with E-state index in [1.165, 1.54) is 4.88 Å². The van der Waals surface area contributed by atoms with Crippen molar-refractivity contribution in [2.45, 2.75) is 44.2 Å². The fraction of sp³-hybridized carbons (Fsp3) is 0.321. The lowest BCUT2D eigenvalue weighted by Gasteiger charge is -2.25. The van der Waals surface area contributed by atoms with Crippen LogP contribution < -0.4 is 4.74 Å². The SMILES string of the molecule is COc1ccc([C@H]2CC(c3ccccc3)=NN2C(=O)CCC(=O)N2CCC[C@@H]2c2cccs2)cc1. The Morgan fingerprint density at radius 2 is 1.74 bits per heavy atom. The van der Waals surface area contributed by atoms with Gasteiger partial charge in [0.1, 0.15) is 5.75 Å². The zero-order valence-electron chi connectivity index (χ0n) is 19.8. The third-order valence-electron chi connectivity index (χ3n) is 6.77. The molecule has 0 radical (unpaired) electrons. The number of amides is 2. The highest BCUT2D eigenvalue weighted by atomic mass is 32.1. The third-order valence-corrected chi connectivity index (χ3v) is 7.74. The predicted molar refractivity (Wildman–Crippen MR) is 137 cm³/mol. The maximum atomic E-state index is 13.4. The maximum absolute atomic E-state index is 13.4. The van der Waals surface area contributed by atoms with E-state index < -0.39 is 0 Å². The molecule has 6 nitrogen and oxygen atoms in total. The predicted octanol–water partition coefficient (Wildman–Crippen LogP) is 5.58. The van der Waals surface area contributed by atoms with E-state index in [9.17, 15) is 9.59 Å². The van der Waals surface area contributed by atoms with E-state index in [2.05, 4.69) is 11.4 Å². The van der Waals surface area contributed by atoms with Gasteiger partial charge in [0, 0.05) is 30.7 Å². The summed E-state index contributed by atoms with van der Waals surface area (Å²) in [5, 5.41) is 8.37. The van der Waals surface area contributed by atoms with Crippen molar-refractivity contribution in [2.75, 3.05) is 13.7 Å². The van der Waals surface area contributed by atoms with Gasteiger partial charge in [0.25, 0.3) is 0 Å². The fourth-order valence-corrected chi connectivity index (χ4v) is 5.82. The Labute approximate surface area is 209 Å². The molecule has 1 saturated heterocycles. The molecule has 0 spiro atoms. The Morgan fingerprint density at radius 1 is 0.971 bits per heavy atom. The molecule has 2 atom stereocenters. The number of carbonyl (C=O) groups excluding carboxylic acids is 2. The van der Waals surface area contributed by atoms with Crippen LogP contribution in [0.15, 0.2) is 77.2 Å². The van der Waals surface area contributed by atoms with Crippen molar-refractivity contribution in [3.8, 4) is 5.75 Å². The molecule has 2 aliphatic rings. The number of methoxy groups -OCH3 is 1. The molecule has 180 valence electrons.